The van der Waals surface area contributed by atoms with Gasteiger partial charge in [-0.2, -0.15) is 17.0 Å². The number of amides is 1. The lowest BCUT2D eigenvalue weighted by atomic mass is 9.96. The van der Waals surface area contributed by atoms with Crippen LogP contribution in [-0.2, 0) is 19.8 Å². The second-order valence-corrected chi connectivity index (χ2v) is 7.46. The molecule has 0 aromatic heterocycles. The first-order valence-electron chi connectivity index (χ1n) is 7.08. The fraction of sp³-hybridized carbons (Fsp3) is 0.833. The minimum absolute atomic E-state index is 0.122. The van der Waals surface area contributed by atoms with Crippen LogP contribution in [0.1, 0.15) is 32.1 Å². The van der Waals surface area contributed by atoms with E-state index in [-0.39, 0.29) is 12.6 Å². The van der Waals surface area contributed by atoms with E-state index in [0.29, 0.717) is 0 Å². The second kappa shape index (κ2) is 6.29. The minimum Gasteiger partial charge on any atom is -0.480 e. The number of carboxylic acids is 1. The summed E-state index contributed by atoms with van der Waals surface area (Å²) in [6.07, 6.45) is 4.57. The highest BCUT2D eigenvalue weighted by Gasteiger charge is 2.43. The number of nitrogens with zero attached hydrogens (tertiary/aromatic N) is 2. The molecule has 9 heteroatoms. The van der Waals surface area contributed by atoms with E-state index in [1.165, 1.54) is 11.4 Å². The van der Waals surface area contributed by atoms with Crippen molar-refractivity contribution in [3.8, 4) is 0 Å². The molecular weight excluding hydrogens is 298 g/mol. The molecular formula is C12H21N3O5S. The molecule has 2 aliphatic rings. The second-order valence-electron chi connectivity index (χ2n) is 5.52. The van der Waals surface area contributed by atoms with Crippen molar-refractivity contribution in [1.29, 1.82) is 0 Å². The molecule has 0 radical (unpaired) electrons. The predicted octanol–water partition coefficient (Wildman–Crippen LogP) is -0.619. The number of aliphatic carboxylic acids is 1. The van der Waals surface area contributed by atoms with Crippen LogP contribution in [0.3, 0.4) is 0 Å². The van der Waals surface area contributed by atoms with Crippen molar-refractivity contribution in [2.75, 3.05) is 20.1 Å². The largest absolute Gasteiger partial charge is 0.480 e. The Morgan fingerprint density at radius 3 is 2.52 bits per heavy atom. The summed E-state index contributed by atoms with van der Waals surface area (Å²) >= 11 is 0. The molecule has 0 bridgehead atoms. The number of hydrogen-bond acceptors (Lipinski definition) is 4. The molecule has 1 saturated heterocycles. The molecule has 1 aliphatic carbocycles. The topological polar surface area (TPSA) is 107 Å². The first kappa shape index (κ1) is 16.2. The molecule has 1 atom stereocenters. The van der Waals surface area contributed by atoms with Crippen LogP contribution in [0.4, 0.5) is 0 Å². The third-order valence-corrected chi connectivity index (χ3v) is 6.18. The third kappa shape index (κ3) is 3.35. The van der Waals surface area contributed by atoms with Gasteiger partial charge >= 0.3 is 5.97 Å². The van der Waals surface area contributed by atoms with E-state index < -0.39 is 34.7 Å². The Bertz CT molecular complexity index is 515. The fourth-order valence-electron chi connectivity index (χ4n) is 2.87. The maximum absolute atomic E-state index is 12.7. The maximum atomic E-state index is 12.7. The summed E-state index contributed by atoms with van der Waals surface area (Å²) in [5.74, 6) is -1.73. The van der Waals surface area contributed by atoms with Gasteiger partial charge in [0.15, 0.2) is 0 Å². The molecule has 8 nitrogen and oxygen atoms in total. The van der Waals surface area contributed by atoms with Crippen molar-refractivity contribution in [3.63, 3.8) is 0 Å². The summed E-state index contributed by atoms with van der Waals surface area (Å²) in [5, 5.41) is 11.6. The molecule has 0 aromatic rings. The summed E-state index contributed by atoms with van der Waals surface area (Å²) < 4.78 is 27.3. The highest BCUT2D eigenvalue weighted by molar-refractivity contribution is 7.86. The standard InChI is InChI=1S/C12H21N3O5S/c1-14(9-5-3-2-4-6-9)21(19,20)15-8-11(16)13-7-10(15)12(17)18/h9-10H,2-8H2,1H3,(H,13,16)(H,17,18). The van der Waals surface area contributed by atoms with Crippen molar-refractivity contribution >= 4 is 22.1 Å². The Morgan fingerprint density at radius 2 is 1.95 bits per heavy atom. The van der Waals surface area contributed by atoms with Crippen LogP contribution in [0.25, 0.3) is 0 Å². The van der Waals surface area contributed by atoms with E-state index in [0.717, 1.165) is 36.4 Å². The Hall–Kier alpha value is -1.19. The molecule has 2 fully saturated rings. The van der Waals surface area contributed by atoms with Crippen LogP contribution in [-0.4, -0.2) is 66.2 Å². The predicted molar refractivity (Wildman–Crippen MR) is 74.7 cm³/mol. The van der Waals surface area contributed by atoms with Gasteiger partial charge in [0, 0.05) is 19.6 Å². The van der Waals surface area contributed by atoms with Gasteiger partial charge in [-0.15, -0.1) is 0 Å². The third-order valence-electron chi connectivity index (χ3n) is 4.17. The number of piperazine rings is 1. The average molecular weight is 319 g/mol. The van der Waals surface area contributed by atoms with Crippen molar-refractivity contribution < 1.29 is 23.1 Å². The van der Waals surface area contributed by atoms with E-state index in [2.05, 4.69) is 5.32 Å². The van der Waals surface area contributed by atoms with Crippen molar-refractivity contribution in [3.05, 3.63) is 0 Å². The number of carbonyl (C=O) groups excluding carboxylic acids is 1. The molecule has 0 spiro atoms. The van der Waals surface area contributed by atoms with Gasteiger partial charge in [0.05, 0.1) is 6.54 Å². The lowest BCUT2D eigenvalue weighted by Gasteiger charge is -2.38. The highest BCUT2D eigenvalue weighted by atomic mass is 32.2. The van der Waals surface area contributed by atoms with Crippen LogP contribution in [0.5, 0.6) is 0 Å². The zero-order valence-corrected chi connectivity index (χ0v) is 12.8. The van der Waals surface area contributed by atoms with Gasteiger partial charge in [-0.25, -0.2) is 0 Å². The first-order chi connectivity index (χ1) is 9.84. The highest BCUT2D eigenvalue weighted by Crippen LogP contribution is 2.25. The number of nitrogens with one attached hydrogen (secondary N) is 1. The fourth-order valence-corrected chi connectivity index (χ4v) is 4.56. The monoisotopic (exact) mass is 319 g/mol. The molecule has 2 N–H and O–H groups in total. The smallest absolute Gasteiger partial charge is 0.323 e. The molecule has 0 aromatic carbocycles. The SMILES string of the molecule is CN(C1CCCCC1)S(=O)(=O)N1CC(=O)NCC1C(=O)O. The number of carboxylic acid groups (broad SMARTS) is 1. The van der Waals surface area contributed by atoms with E-state index >= 15 is 0 Å². The van der Waals surface area contributed by atoms with Gasteiger partial charge in [-0.05, 0) is 12.8 Å². The zero-order chi connectivity index (χ0) is 15.6. The van der Waals surface area contributed by atoms with Crippen LogP contribution >= 0.6 is 0 Å². The van der Waals surface area contributed by atoms with E-state index in [9.17, 15) is 23.1 Å². The van der Waals surface area contributed by atoms with Crippen molar-refractivity contribution in [2.45, 2.75) is 44.2 Å². The molecule has 1 aliphatic heterocycles. The van der Waals surface area contributed by atoms with Crippen LogP contribution < -0.4 is 5.32 Å². The van der Waals surface area contributed by atoms with Gasteiger partial charge in [0.2, 0.25) is 5.91 Å². The average Bonchev–Trinajstić information content (AvgIpc) is 2.47. The Labute approximate surface area is 124 Å². The van der Waals surface area contributed by atoms with Crippen LogP contribution in [0, 0.1) is 0 Å². The molecule has 120 valence electrons. The van der Waals surface area contributed by atoms with E-state index in [4.69, 9.17) is 0 Å². The summed E-state index contributed by atoms with van der Waals surface area (Å²) in [6.45, 7) is -0.651. The van der Waals surface area contributed by atoms with Crippen molar-refractivity contribution in [1.82, 2.24) is 13.9 Å². The molecule has 1 saturated carbocycles. The summed E-state index contributed by atoms with van der Waals surface area (Å²) in [6, 6.07) is -1.37. The maximum Gasteiger partial charge on any atom is 0.323 e. The van der Waals surface area contributed by atoms with Crippen molar-refractivity contribution in [2.24, 2.45) is 0 Å². The molecule has 2 rings (SSSR count). The lowest BCUT2D eigenvalue weighted by Crippen LogP contribution is -2.62. The van der Waals surface area contributed by atoms with Crippen LogP contribution in [0.2, 0.25) is 0 Å². The Balaban J connectivity index is 2.22. The van der Waals surface area contributed by atoms with E-state index in [1.54, 1.807) is 0 Å². The first-order valence-corrected chi connectivity index (χ1v) is 8.48. The van der Waals surface area contributed by atoms with Gasteiger partial charge in [-0.1, -0.05) is 19.3 Å². The minimum atomic E-state index is -3.96. The number of rotatable bonds is 4. The number of hydrogen-bond donors (Lipinski definition) is 2. The normalized spacial score (nSPS) is 25.8. The zero-order valence-electron chi connectivity index (χ0n) is 12.0. The Kier molecular flexibility index (Phi) is 4.84. The van der Waals surface area contributed by atoms with E-state index in [1.807, 2.05) is 0 Å². The van der Waals surface area contributed by atoms with Crippen LogP contribution in [0.15, 0.2) is 0 Å². The number of carbonyl (C=O) groups is 2. The van der Waals surface area contributed by atoms with Gasteiger partial charge < -0.3 is 10.4 Å². The van der Waals surface area contributed by atoms with Gasteiger partial charge in [-0.3, -0.25) is 9.59 Å². The molecule has 21 heavy (non-hydrogen) atoms. The summed E-state index contributed by atoms with van der Waals surface area (Å²) in [5.41, 5.74) is 0. The van der Waals surface area contributed by atoms with Gasteiger partial charge in [0.25, 0.3) is 10.2 Å². The summed E-state index contributed by atoms with van der Waals surface area (Å²) in [4.78, 5) is 22.7. The molecule has 1 heterocycles. The Morgan fingerprint density at radius 1 is 1.33 bits per heavy atom. The van der Waals surface area contributed by atoms with Gasteiger partial charge in [0.1, 0.15) is 6.04 Å². The molecule has 1 unspecified atom stereocenters. The summed E-state index contributed by atoms with van der Waals surface area (Å²) in [7, 11) is -2.49. The molecule has 1 amide bonds. The quantitative estimate of drug-likeness (QED) is 0.718. The lowest BCUT2D eigenvalue weighted by molar-refractivity contribution is -0.143.